The number of allylic oxidation sites excluding steroid dienone is 1. The Hall–Kier alpha value is -2.84. The van der Waals surface area contributed by atoms with Gasteiger partial charge in [0.25, 0.3) is 0 Å². The molecule has 2 heteroatoms. The summed E-state index contributed by atoms with van der Waals surface area (Å²) in [6.07, 6.45) is 1.60. The summed E-state index contributed by atoms with van der Waals surface area (Å²) in [5.41, 5.74) is 5.64. The number of benzene rings is 2. The van der Waals surface area contributed by atoms with Crippen LogP contribution in [0, 0.1) is 36.5 Å². The zero-order valence-electron chi connectivity index (χ0n) is 11.5. The Bertz CT molecular complexity index is 719. The zero-order valence-corrected chi connectivity index (χ0v) is 11.5. The monoisotopic (exact) mass is 258 g/mol. The lowest BCUT2D eigenvalue weighted by atomic mass is 9.99. The SMILES string of the molecule is Cc1cc(C)cc(-c2cccc(C=C(C#N)C#N)c2)c1. The van der Waals surface area contributed by atoms with Gasteiger partial charge < -0.3 is 0 Å². The second kappa shape index (κ2) is 5.87. The highest BCUT2D eigenvalue weighted by Gasteiger charge is 2.01. The second-order valence-electron chi connectivity index (χ2n) is 4.78. The number of hydrogen-bond acceptors (Lipinski definition) is 2. The van der Waals surface area contributed by atoms with Gasteiger partial charge in [0, 0.05) is 0 Å². The van der Waals surface area contributed by atoms with Gasteiger partial charge in [0.1, 0.15) is 17.7 Å². The van der Waals surface area contributed by atoms with Crippen LogP contribution < -0.4 is 0 Å². The van der Waals surface area contributed by atoms with Gasteiger partial charge in [-0.15, -0.1) is 0 Å². The fraction of sp³-hybridized carbons (Fsp3) is 0.111. The molecule has 0 aromatic heterocycles. The highest BCUT2D eigenvalue weighted by molar-refractivity contribution is 5.71. The molecule has 0 spiro atoms. The normalized spacial score (nSPS) is 9.40. The Balaban J connectivity index is 2.48. The molecule has 2 aromatic rings. The van der Waals surface area contributed by atoms with Crippen LogP contribution in [0.4, 0.5) is 0 Å². The first-order valence-electron chi connectivity index (χ1n) is 6.33. The molecule has 2 nitrogen and oxygen atoms in total. The number of aryl methyl sites for hydroxylation is 2. The quantitative estimate of drug-likeness (QED) is 0.749. The molecule has 0 saturated carbocycles. The lowest BCUT2D eigenvalue weighted by Crippen LogP contribution is -1.84. The predicted octanol–water partition coefficient (Wildman–Crippen LogP) is 4.40. The molecule has 0 unspecified atom stereocenters. The summed E-state index contributed by atoms with van der Waals surface area (Å²) in [5.74, 6) is 0. The van der Waals surface area contributed by atoms with Crippen LogP contribution in [0.2, 0.25) is 0 Å². The van der Waals surface area contributed by atoms with Gasteiger partial charge in [-0.1, -0.05) is 47.5 Å². The van der Waals surface area contributed by atoms with Crippen LogP contribution in [0.25, 0.3) is 17.2 Å². The third-order valence-electron chi connectivity index (χ3n) is 2.99. The molecule has 96 valence electrons. The Morgan fingerprint density at radius 3 is 2.15 bits per heavy atom. The van der Waals surface area contributed by atoms with Crippen LogP contribution in [0.1, 0.15) is 16.7 Å². The lowest BCUT2D eigenvalue weighted by molar-refractivity contribution is 1.38. The standard InChI is InChI=1S/C18H14N2/c1-13-6-14(2)8-18(7-13)17-5-3-4-15(10-17)9-16(11-19)12-20/h3-10H,1-2H3. The summed E-state index contributed by atoms with van der Waals surface area (Å²) < 4.78 is 0. The number of nitrogens with zero attached hydrogens (tertiary/aromatic N) is 2. The molecule has 0 saturated heterocycles. The van der Waals surface area contributed by atoms with E-state index in [-0.39, 0.29) is 5.57 Å². The van der Waals surface area contributed by atoms with Gasteiger partial charge in [-0.3, -0.25) is 0 Å². The van der Waals surface area contributed by atoms with E-state index < -0.39 is 0 Å². The number of rotatable bonds is 2. The molecule has 0 heterocycles. The van der Waals surface area contributed by atoms with E-state index in [4.69, 9.17) is 10.5 Å². The van der Waals surface area contributed by atoms with Crippen molar-refractivity contribution >= 4 is 6.08 Å². The third kappa shape index (κ3) is 3.13. The van der Waals surface area contributed by atoms with Crippen molar-refractivity contribution in [3.63, 3.8) is 0 Å². The van der Waals surface area contributed by atoms with Crippen molar-refractivity contribution in [1.82, 2.24) is 0 Å². The molecule has 0 fully saturated rings. The first kappa shape index (κ1) is 13.6. The maximum atomic E-state index is 8.81. The summed E-state index contributed by atoms with van der Waals surface area (Å²) in [5, 5.41) is 17.6. The number of hydrogen-bond donors (Lipinski definition) is 0. The average molecular weight is 258 g/mol. The van der Waals surface area contributed by atoms with Crippen molar-refractivity contribution in [3.05, 3.63) is 64.7 Å². The number of nitriles is 2. The van der Waals surface area contributed by atoms with Crippen molar-refractivity contribution in [2.45, 2.75) is 13.8 Å². The topological polar surface area (TPSA) is 47.6 Å². The van der Waals surface area contributed by atoms with E-state index in [0.29, 0.717) is 0 Å². The van der Waals surface area contributed by atoms with Crippen molar-refractivity contribution < 1.29 is 0 Å². The fourth-order valence-corrected chi connectivity index (χ4v) is 2.21. The molecule has 0 atom stereocenters. The summed E-state index contributed by atoms with van der Waals surface area (Å²) >= 11 is 0. The maximum absolute atomic E-state index is 8.81. The molecule has 0 aliphatic rings. The van der Waals surface area contributed by atoms with Crippen molar-refractivity contribution in [1.29, 1.82) is 10.5 Å². The molecule has 0 bridgehead atoms. The van der Waals surface area contributed by atoms with E-state index in [9.17, 15) is 0 Å². The molecular formula is C18H14N2. The first-order chi connectivity index (χ1) is 9.62. The molecule has 2 aromatic carbocycles. The van der Waals surface area contributed by atoms with Gasteiger partial charge in [0.2, 0.25) is 0 Å². The van der Waals surface area contributed by atoms with Crippen molar-refractivity contribution in [2.75, 3.05) is 0 Å². The average Bonchev–Trinajstić information content (AvgIpc) is 2.44. The van der Waals surface area contributed by atoms with Crippen LogP contribution >= 0.6 is 0 Å². The van der Waals surface area contributed by atoms with Gasteiger partial charge in [-0.25, -0.2) is 0 Å². The van der Waals surface area contributed by atoms with Crippen LogP contribution in [-0.4, -0.2) is 0 Å². The van der Waals surface area contributed by atoms with Crippen molar-refractivity contribution in [3.8, 4) is 23.3 Å². The fourth-order valence-electron chi connectivity index (χ4n) is 2.21. The highest BCUT2D eigenvalue weighted by Crippen LogP contribution is 2.24. The minimum atomic E-state index is 0.113. The summed E-state index contributed by atoms with van der Waals surface area (Å²) in [6.45, 7) is 4.15. The molecule has 0 amide bonds. The Labute approximate surface area is 119 Å². The largest absolute Gasteiger partial charge is 0.192 e. The molecule has 20 heavy (non-hydrogen) atoms. The molecule has 0 aliphatic carbocycles. The smallest absolute Gasteiger partial charge is 0.130 e. The minimum absolute atomic E-state index is 0.113. The maximum Gasteiger partial charge on any atom is 0.130 e. The summed E-state index contributed by atoms with van der Waals surface area (Å²) in [7, 11) is 0. The van der Waals surface area contributed by atoms with Crippen LogP contribution in [-0.2, 0) is 0 Å². The Morgan fingerprint density at radius 2 is 1.55 bits per heavy atom. The molecule has 0 aliphatic heterocycles. The van der Waals surface area contributed by atoms with Crippen LogP contribution in [0.15, 0.2) is 48.0 Å². The van der Waals surface area contributed by atoms with E-state index in [1.807, 2.05) is 36.4 Å². The van der Waals surface area contributed by atoms with Gasteiger partial charge in [0.05, 0.1) is 0 Å². The second-order valence-corrected chi connectivity index (χ2v) is 4.78. The van der Waals surface area contributed by atoms with E-state index in [0.717, 1.165) is 16.7 Å². The lowest BCUT2D eigenvalue weighted by Gasteiger charge is -2.06. The molecular weight excluding hydrogens is 244 g/mol. The van der Waals surface area contributed by atoms with E-state index in [1.165, 1.54) is 11.1 Å². The Kier molecular flexibility index (Phi) is 3.99. The predicted molar refractivity (Wildman–Crippen MR) is 80.6 cm³/mol. The van der Waals surface area contributed by atoms with Gasteiger partial charge in [0.15, 0.2) is 0 Å². The van der Waals surface area contributed by atoms with E-state index in [1.54, 1.807) is 6.08 Å². The van der Waals surface area contributed by atoms with Gasteiger partial charge in [-0.05, 0) is 42.7 Å². The highest BCUT2D eigenvalue weighted by atomic mass is 14.3. The summed E-state index contributed by atoms with van der Waals surface area (Å²) in [6, 6.07) is 18.0. The minimum Gasteiger partial charge on any atom is -0.192 e. The van der Waals surface area contributed by atoms with E-state index in [2.05, 4.69) is 32.0 Å². The zero-order chi connectivity index (χ0) is 14.5. The molecule has 0 N–H and O–H groups in total. The molecule has 0 radical (unpaired) electrons. The van der Waals surface area contributed by atoms with Gasteiger partial charge >= 0.3 is 0 Å². The first-order valence-corrected chi connectivity index (χ1v) is 6.33. The van der Waals surface area contributed by atoms with Crippen molar-refractivity contribution in [2.24, 2.45) is 0 Å². The van der Waals surface area contributed by atoms with Crippen LogP contribution in [0.3, 0.4) is 0 Å². The third-order valence-corrected chi connectivity index (χ3v) is 2.99. The molecule has 2 rings (SSSR count). The Morgan fingerprint density at radius 1 is 0.900 bits per heavy atom. The van der Waals surface area contributed by atoms with Gasteiger partial charge in [-0.2, -0.15) is 10.5 Å². The van der Waals surface area contributed by atoms with E-state index >= 15 is 0 Å². The van der Waals surface area contributed by atoms with Crippen LogP contribution in [0.5, 0.6) is 0 Å². The summed E-state index contributed by atoms with van der Waals surface area (Å²) in [4.78, 5) is 0.